The maximum Gasteiger partial charge on any atom is 0.373 e. The second kappa shape index (κ2) is 5.26. The lowest BCUT2D eigenvalue weighted by Crippen LogP contribution is -2.05. The minimum atomic E-state index is -1.13. The predicted molar refractivity (Wildman–Crippen MR) is 74.9 cm³/mol. The number of hydrogen-bond acceptors (Lipinski definition) is 5. The van der Waals surface area contributed by atoms with Crippen molar-refractivity contribution in [3.63, 3.8) is 0 Å². The van der Waals surface area contributed by atoms with E-state index in [9.17, 15) is 4.79 Å². The van der Waals surface area contributed by atoms with Crippen molar-refractivity contribution < 1.29 is 9.90 Å². The van der Waals surface area contributed by atoms with Gasteiger partial charge in [0.15, 0.2) is 0 Å². The van der Waals surface area contributed by atoms with Crippen molar-refractivity contribution in [3.8, 4) is 0 Å². The Kier molecular flexibility index (Phi) is 3.30. The van der Waals surface area contributed by atoms with Gasteiger partial charge in [-0.15, -0.1) is 0 Å². The predicted octanol–water partition coefficient (Wildman–Crippen LogP) is 2.87. The number of aromatic nitrogens is 3. The van der Waals surface area contributed by atoms with E-state index in [0.717, 1.165) is 10.3 Å². The minimum Gasteiger partial charge on any atom is -0.475 e. The molecule has 20 heavy (non-hydrogen) atoms. The monoisotopic (exact) mass is 283 g/mol. The van der Waals surface area contributed by atoms with Crippen LogP contribution in [0.5, 0.6) is 0 Å². The molecular formula is C14H9N3O2S. The van der Waals surface area contributed by atoms with Gasteiger partial charge in [-0.1, -0.05) is 30.0 Å². The fourth-order valence-electron chi connectivity index (χ4n) is 1.74. The van der Waals surface area contributed by atoms with Gasteiger partial charge in [-0.3, -0.25) is 4.98 Å². The summed E-state index contributed by atoms with van der Waals surface area (Å²) in [6.07, 6.45) is 3.37. The van der Waals surface area contributed by atoms with Crippen molar-refractivity contribution in [3.05, 3.63) is 54.6 Å². The average molecular weight is 283 g/mol. The lowest BCUT2D eigenvalue weighted by atomic mass is 10.2. The molecule has 0 saturated carbocycles. The van der Waals surface area contributed by atoms with Crippen molar-refractivity contribution in [1.82, 2.24) is 15.0 Å². The quantitative estimate of drug-likeness (QED) is 0.745. The van der Waals surface area contributed by atoms with E-state index in [-0.39, 0.29) is 5.82 Å². The second-order valence-electron chi connectivity index (χ2n) is 3.96. The van der Waals surface area contributed by atoms with Crippen LogP contribution < -0.4 is 0 Å². The zero-order chi connectivity index (χ0) is 13.9. The van der Waals surface area contributed by atoms with Gasteiger partial charge in [0, 0.05) is 22.7 Å². The van der Waals surface area contributed by atoms with Gasteiger partial charge in [-0.25, -0.2) is 14.8 Å². The number of carboxylic acid groups (broad SMARTS) is 1. The summed E-state index contributed by atoms with van der Waals surface area (Å²) >= 11 is 1.39. The van der Waals surface area contributed by atoms with Crippen LogP contribution in [0.2, 0.25) is 0 Å². The first-order valence-electron chi connectivity index (χ1n) is 5.82. The Morgan fingerprint density at radius 3 is 2.55 bits per heavy atom. The van der Waals surface area contributed by atoms with Crippen LogP contribution >= 0.6 is 11.8 Å². The third-order valence-corrected chi connectivity index (χ3v) is 3.64. The van der Waals surface area contributed by atoms with Gasteiger partial charge >= 0.3 is 5.97 Å². The second-order valence-corrected chi connectivity index (χ2v) is 5.02. The lowest BCUT2D eigenvalue weighted by Gasteiger charge is -2.06. The summed E-state index contributed by atoms with van der Waals surface area (Å²) < 4.78 is 0. The molecule has 1 N–H and O–H groups in total. The van der Waals surface area contributed by atoms with E-state index in [1.54, 1.807) is 18.5 Å². The van der Waals surface area contributed by atoms with E-state index < -0.39 is 5.97 Å². The number of hydrogen-bond donors (Lipinski definition) is 1. The maximum absolute atomic E-state index is 11.1. The molecule has 0 unspecified atom stereocenters. The molecule has 0 amide bonds. The highest BCUT2D eigenvalue weighted by Crippen LogP contribution is 2.30. The lowest BCUT2D eigenvalue weighted by molar-refractivity contribution is 0.0683. The molecule has 6 heteroatoms. The summed E-state index contributed by atoms with van der Waals surface area (Å²) in [6, 6.07) is 11.1. The molecule has 3 aromatic rings. The van der Waals surface area contributed by atoms with Gasteiger partial charge in [-0.05, 0) is 18.2 Å². The standard InChI is InChI=1S/C14H9N3O2S/c18-14(19)12-16-11-4-2-1-3-10(11)13(17-12)20-9-5-7-15-8-6-9/h1-8H,(H,18,19). The molecule has 2 heterocycles. The number of carbonyl (C=O) groups is 1. The van der Waals surface area contributed by atoms with Crippen molar-refractivity contribution in [2.45, 2.75) is 9.92 Å². The van der Waals surface area contributed by atoms with Gasteiger partial charge in [0.2, 0.25) is 5.82 Å². The highest BCUT2D eigenvalue weighted by atomic mass is 32.2. The topological polar surface area (TPSA) is 76.0 Å². The van der Waals surface area contributed by atoms with Crippen LogP contribution in [0.4, 0.5) is 0 Å². The molecular weight excluding hydrogens is 274 g/mol. The summed E-state index contributed by atoms with van der Waals surface area (Å²) in [5.74, 6) is -1.33. The summed E-state index contributed by atoms with van der Waals surface area (Å²) in [4.78, 5) is 24.2. The van der Waals surface area contributed by atoms with Gasteiger partial charge in [0.05, 0.1) is 5.52 Å². The van der Waals surface area contributed by atoms with Crippen LogP contribution in [0.25, 0.3) is 10.9 Å². The van der Waals surface area contributed by atoms with Crippen LogP contribution in [0.3, 0.4) is 0 Å². The third-order valence-electron chi connectivity index (χ3n) is 2.62. The molecule has 2 aromatic heterocycles. The number of rotatable bonds is 3. The number of nitrogens with zero attached hydrogens (tertiary/aromatic N) is 3. The molecule has 0 aliphatic carbocycles. The van der Waals surface area contributed by atoms with E-state index in [4.69, 9.17) is 5.11 Å². The molecule has 0 bridgehead atoms. The molecule has 3 rings (SSSR count). The Morgan fingerprint density at radius 1 is 1.05 bits per heavy atom. The van der Waals surface area contributed by atoms with E-state index in [2.05, 4.69) is 15.0 Å². The SMILES string of the molecule is O=C(O)c1nc(Sc2ccncc2)c2ccccc2n1. The van der Waals surface area contributed by atoms with Gasteiger partial charge in [-0.2, -0.15) is 0 Å². The summed E-state index contributed by atoms with van der Waals surface area (Å²) in [5, 5.41) is 10.5. The summed E-state index contributed by atoms with van der Waals surface area (Å²) in [6.45, 7) is 0. The van der Waals surface area contributed by atoms with Crippen molar-refractivity contribution in [1.29, 1.82) is 0 Å². The number of fused-ring (bicyclic) bond motifs is 1. The maximum atomic E-state index is 11.1. The van der Waals surface area contributed by atoms with Crippen molar-refractivity contribution in [2.75, 3.05) is 0 Å². The smallest absolute Gasteiger partial charge is 0.373 e. The molecule has 0 aliphatic rings. The molecule has 0 radical (unpaired) electrons. The highest BCUT2D eigenvalue weighted by Gasteiger charge is 2.13. The minimum absolute atomic E-state index is 0.194. The van der Waals surface area contributed by atoms with Gasteiger partial charge in [0.1, 0.15) is 5.03 Å². The Morgan fingerprint density at radius 2 is 1.80 bits per heavy atom. The molecule has 0 saturated heterocycles. The average Bonchev–Trinajstić information content (AvgIpc) is 2.48. The van der Waals surface area contributed by atoms with Gasteiger partial charge < -0.3 is 5.11 Å². The molecule has 0 aliphatic heterocycles. The zero-order valence-electron chi connectivity index (χ0n) is 10.2. The molecule has 5 nitrogen and oxygen atoms in total. The van der Waals surface area contributed by atoms with Crippen molar-refractivity contribution in [2.24, 2.45) is 0 Å². The molecule has 98 valence electrons. The third kappa shape index (κ3) is 2.46. The van der Waals surface area contributed by atoms with Crippen LogP contribution in [0.15, 0.2) is 58.7 Å². The number of aromatic carboxylic acids is 1. The van der Waals surface area contributed by atoms with E-state index in [1.807, 2.05) is 30.3 Å². The molecule has 0 fully saturated rings. The first-order valence-corrected chi connectivity index (χ1v) is 6.63. The zero-order valence-corrected chi connectivity index (χ0v) is 11.0. The van der Waals surface area contributed by atoms with E-state index in [0.29, 0.717) is 10.5 Å². The number of para-hydroxylation sites is 1. The Bertz CT molecular complexity index is 778. The van der Waals surface area contributed by atoms with Crippen LogP contribution in [-0.2, 0) is 0 Å². The molecule has 1 aromatic carbocycles. The first-order chi connectivity index (χ1) is 9.74. The number of pyridine rings is 1. The van der Waals surface area contributed by atoms with Crippen LogP contribution in [0, 0.1) is 0 Å². The summed E-state index contributed by atoms with van der Waals surface area (Å²) in [7, 11) is 0. The van der Waals surface area contributed by atoms with Crippen LogP contribution in [0.1, 0.15) is 10.6 Å². The van der Waals surface area contributed by atoms with E-state index in [1.165, 1.54) is 11.8 Å². The fourth-order valence-corrected chi connectivity index (χ4v) is 2.63. The van der Waals surface area contributed by atoms with Crippen molar-refractivity contribution >= 4 is 28.6 Å². The Hall–Kier alpha value is -2.47. The van der Waals surface area contributed by atoms with E-state index >= 15 is 0 Å². The normalized spacial score (nSPS) is 10.6. The summed E-state index contributed by atoms with van der Waals surface area (Å²) in [5.41, 5.74) is 0.622. The number of carboxylic acids is 1. The number of benzene rings is 1. The van der Waals surface area contributed by atoms with Gasteiger partial charge in [0.25, 0.3) is 0 Å². The molecule has 0 atom stereocenters. The molecule has 0 spiro atoms. The van der Waals surface area contributed by atoms with Crippen LogP contribution in [-0.4, -0.2) is 26.0 Å². The fraction of sp³-hybridized carbons (Fsp3) is 0. The Balaban J connectivity index is 2.15. The first kappa shape index (κ1) is 12.6. The Labute approximate surface area is 118 Å². The largest absolute Gasteiger partial charge is 0.475 e. The highest BCUT2D eigenvalue weighted by molar-refractivity contribution is 7.99.